The largest absolute Gasteiger partial charge is 0.352 e. The van der Waals surface area contributed by atoms with Crippen molar-refractivity contribution in [3.05, 3.63) is 65.5 Å². The smallest absolute Gasteiger partial charge is 0.242 e. The van der Waals surface area contributed by atoms with E-state index in [1.807, 2.05) is 6.92 Å². The van der Waals surface area contributed by atoms with E-state index in [2.05, 4.69) is 29.6 Å². The van der Waals surface area contributed by atoms with Crippen molar-refractivity contribution in [2.75, 3.05) is 5.75 Å². The zero-order chi connectivity index (χ0) is 22.2. The van der Waals surface area contributed by atoms with Crippen LogP contribution in [0.1, 0.15) is 50.2 Å². The second kappa shape index (κ2) is 11.3. The van der Waals surface area contributed by atoms with Crippen molar-refractivity contribution in [1.29, 1.82) is 0 Å². The molecular weight excluding hydrogens is 411 g/mol. The lowest BCUT2D eigenvalue weighted by molar-refractivity contribution is -0.140. The number of amides is 2. The molecule has 2 aromatic rings. The van der Waals surface area contributed by atoms with E-state index < -0.39 is 6.04 Å². The van der Waals surface area contributed by atoms with Gasteiger partial charge in [0.2, 0.25) is 11.8 Å². The van der Waals surface area contributed by atoms with Gasteiger partial charge < -0.3 is 10.2 Å². The number of thioether (sulfide) groups is 1. The van der Waals surface area contributed by atoms with Crippen LogP contribution in [0, 0.1) is 12.7 Å². The van der Waals surface area contributed by atoms with Gasteiger partial charge in [0.05, 0.1) is 0 Å². The highest BCUT2D eigenvalue weighted by atomic mass is 32.2. The second-order valence-corrected chi connectivity index (χ2v) is 9.39. The maximum Gasteiger partial charge on any atom is 0.242 e. The molecule has 1 aliphatic carbocycles. The number of carbonyl (C=O) groups excluding carboxylic acids is 2. The molecule has 1 aliphatic rings. The van der Waals surface area contributed by atoms with Crippen molar-refractivity contribution in [3.63, 3.8) is 0 Å². The summed E-state index contributed by atoms with van der Waals surface area (Å²) in [5, 5.41) is 3.10. The SMILES string of the molecule is Cc1ccc(SCCC(=O)N(Cc2ccc(F)cc2)C(C)C(=O)NC2CCCC2)cc1. The number of carbonyl (C=O) groups is 2. The van der Waals surface area contributed by atoms with E-state index in [1.54, 1.807) is 35.7 Å². The van der Waals surface area contributed by atoms with Crippen molar-refractivity contribution in [1.82, 2.24) is 10.2 Å². The summed E-state index contributed by atoms with van der Waals surface area (Å²) in [4.78, 5) is 28.7. The van der Waals surface area contributed by atoms with E-state index in [0.29, 0.717) is 12.2 Å². The highest BCUT2D eigenvalue weighted by Gasteiger charge is 2.28. The Labute approximate surface area is 188 Å². The molecule has 6 heteroatoms. The highest BCUT2D eigenvalue weighted by molar-refractivity contribution is 7.99. The van der Waals surface area contributed by atoms with E-state index in [1.165, 1.54) is 17.7 Å². The molecule has 1 atom stereocenters. The Morgan fingerprint density at radius 2 is 1.74 bits per heavy atom. The van der Waals surface area contributed by atoms with Gasteiger partial charge in [0.25, 0.3) is 0 Å². The first-order chi connectivity index (χ1) is 14.9. The molecule has 166 valence electrons. The maximum absolute atomic E-state index is 13.3. The number of halogens is 1. The van der Waals surface area contributed by atoms with E-state index in [4.69, 9.17) is 0 Å². The van der Waals surface area contributed by atoms with Crippen LogP contribution in [0.5, 0.6) is 0 Å². The Morgan fingerprint density at radius 3 is 2.39 bits per heavy atom. The minimum absolute atomic E-state index is 0.0713. The fourth-order valence-corrected chi connectivity index (χ4v) is 4.64. The number of benzene rings is 2. The first-order valence-corrected chi connectivity index (χ1v) is 11.9. The van der Waals surface area contributed by atoms with Crippen LogP contribution in [-0.4, -0.2) is 34.6 Å². The zero-order valence-corrected chi connectivity index (χ0v) is 19.1. The van der Waals surface area contributed by atoms with E-state index in [0.717, 1.165) is 36.1 Å². The van der Waals surface area contributed by atoms with Gasteiger partial charge in [0, 0.05) is 29.7 Å². The third kappa shape index (κ3) is 7.10. The fourth-order valence-electron chi connectivity index (χ4n) is 3.80. The van der Waals surface area contributed by atoms with Crippen LogP contribution < -0.4 is 5.32 Å². The molecule has 0 saturated heterocycles. The molecule has 3 rings (SSSR count). The van der Waals surface area contributed by atoms with Gasteiger partial charge >= 0.3 is 0 Å². The minimum atomic E-state index is -0.581. The van der Waals surface area contributed by atoms with Gasteiger partial charge in [0.1, 0.15) is 11.9 Å². The number of hydrogen-bond acceptors (Lipinski definition) is 3. The summed E-state index contributed by atoms with van der Waals surface area (Å²) in [5.41, 5.74) is 2.01. The second-order valence-electron chi connectivity index (χ2n) is 8.23. The van der Waals surface area contributed by atoms with Crippen molar-refractivity contribution in [2.45, 2.75) is 69.5 Å². The Morgan fingerprint density at radius 1 is 1.10 bits per heavy atom. The summed E-state index contributed by atoms with van der Waals surface area (Å²) >= 11 is 1.63. The predicted molar refractivity (Wildman–Crippen MR) is 123 cm³/mol. The molecule has 0 aliphatic heterocycles. The van der Waals surface area contributed by atoms with Crippen LogP contribution in [0.4, 0.5) is 4.39 Å². The summed E-state index contributed by atoms with van der Waals surface area (Å²) in [6.45, 7) is 4.11. The molecular formula is C25H31FN2O2S. The monoisotopic (exact) mass is 442 g/mol. The molecule has 31 heavy (non-hydrogen) atoms. The number of hydrogen-bond donors (Lipinski definition) is 1. The lowest BCUT2D eigenvalue weighted by Crippen LogP contribution is -2.49. The molecule has 2 aromatic carbocycles. The molecule has 4 nitrogen and oxygen atoms in total. The number of aryl methyl sites for hydroxylation is 1. The molecule has 0 bridgehead atoms. The lowest BCUT2D eigenvalue weighted by Gasteiger charge is -2.30. The minimum Gasteiger partial charge on any atom is -0.352 e. The first-order valence-electron chi connectivity index (χ1n) is 11.0. The molecule has 1 fully saturated rings. The standard InChI is InChI=1S/C25H31FN2O2S/c1-18-7-13-23(14-8-18)31-16-15-24(29)28(17-20-9-11-21(26)12-10-20)19(2)25(30)27-22-5-3-4-6-22/h7-14,19,22H,3-6,15-17H2,1-2H3,(H,27,30). The van der Waals surface area contributed by atoms with Gasteiger partial charge in [0.15, 0.2) is 0 Å². The molecule has 1 unspecified atom stereocenters. The highest BCUT2D eigenvalue weighted by Crippen LogP contribution is 2.21. The van der Waals surface area contributed by atoms with Crippen LogP contribution >= 0.6 is 11.8 Å². The molecule has 0 heterocycles. The average Bonchev–Trinajstić information content (AvgIpc) is 3.27. The van der Waals surface area contributed by atoms with Gasteiger partial charge in [-0.2, -0.15) is 0 Å². The van der Waals surface area contributed by atoms with E-state index >= 15 is 0 Å². The Kier molecular flexibility index (Phi) is 8.52. The summed E-state index contributed by atoms with van der Waals surface area (Å²) in [7, 11) is 0. The summed E-state index contributed by atoms with van der Waals surface area (Å²) in [6.07, 6.45) is 4.59. The Hall–Kier alpha value is -2.34. The topological polar surface area (TPSA) is 49.4 Å². The van der Waals surface area contributed by atoms with Gasteiger partial charge in [-0.05, 0) is 56.5 Å². The molecule has 0 aromatic heterocycles. The third-order valence-corrected chi connectivity index (χ3v) is 6.75. The molecule has 1 N–H and O–H groups in total. The Balaban J connectivity index is 1.64. The average molecular weight is 443 g/mol. The summed E-state index contributed by atoms with van der Waals surface area (Å²) in [5.74, 6) is 0.133. The zero-order valence-electron chi connectivity index (χ0n) is 18.3. The number of nitrogens with zero attached hydrogens (tertiary/aromatic N) is 1. The Bertz CT molecular complexity index is 864. The number of rotatable bonds is 9. The molecule has 0 radical (unpaired) electrons. The third-order valence-electron chi connectivity index (χ3n) is 5.74. The summed E-state index contributed by atoms with van der Waals surface area (Å²) in [6, 6.07) is 13.9. The quantitative estimate of drug-likeness (QED) is 0.550. The maximum atomic E-state index is 13.3. The summed E-state index contributed by atoms with van der Waals surface area (Å²) < 4.78 is 13.3. The van der Waals surface area contributed by atoms with Crippen molar-refractivity contribution < 1.29 is 14.0 Å². The van der Waals surface area contributed by atoms with Gasteiger partial charge in [-0.1, -0.05) is 42.7 Å². The molecule has 1 saturated carbocycles. The molecule has 0 spiro atoms. The predicted octanol–water partition coefficient (Wildman–Crippen LogP) is 5.09. The van der Waals surface area contributed by atoms with Crippen LogP contribution in [0.3, 0.4) is 0 Å². The van der Waals surface area contributed by atoms with Gasteiger partial charge in [-0.3, -0.25) is 9.59 Å². The fraction of sp³-hybridized carbons (Fsp3) is 0.440. The van der Waals surface area contributed by atoms with E-state index in [-0.39, 0.29) is 30.2 Å². The number of nitrogens with one attached hydrogen (secondary N) is 1. The van der Waals surface area contributed by atoms with Crippen LogP contribution in [-0.2, 0) is 16.1 Å². The van der Waals surface area contributed by atoms with Gasteiger partial charge in [-0.25, -0.2) is 4.39 Å². The van der Waals surface area contributed by atoms with Crippen LogP contribution in [0.15, 0.2) is 53.4 Å². The first kappa shape index (κ1) is 23.3. The van der Waals surface area contributed by atoms with Crippen molar-refractivity contribution in [2.24, 2.45) is 0 Å². The van der Waals surface area contributed by atoms with Crippen LogP contribution in [0.25, 0.3) is 0 Å². The van der Waals surface area contributed by atoms with Crippen molar-refractivity contribution in [3.8, 4) is 0 Å². The lowest BCUT2D eigenvalue weighted by atomic mass is 10.1. The van der Waals surface area contributed by atoms with Crippen LogP contribution in [0.2, 0.25) is 0 Å². The van der Waals surface area contributed by atoms with Gasteiger partial charge in [-0.15, -0.1) is 11.8 Å². The van der Waals surface area contributed by atoms with E-state index in [9.17, 15) is 14.0 Å². The van der Waals surface area contributed by atoms with Crippen molar-refractivity contribution >= 4 is 23.6 Å². The normalized spacial score (nSPS) is 14.9. The molecule has 2 amide bonds.